The van der Waals surface area contributed by atoms with E-state index in [1.807, 2.05) is 6.07 Å². The summed E-state index contributed by atoms with van der Waals surface area (Å²) in [6.45, 7) is 4.15. The number of aromatic nitrogens is 1. The Labute approximate surface area is 92.0 Å². The van der Waals surface area contributed by atoms with Crippen molar-refractivity contribution in [2.24, 2.45) is 0 Å². The zero-order chi connectivity index (χ0) is 11.5. The van der Waals surface area contributed by atoms with E-state index in [0.29, 0.717) is 29.6 Å². The Balaban J connectivity index is 2.58. The van der Waals surface area contributed by atoms with Gasteiger partial charge >= 0.3 is 5.76 Å². The van der Waals surface area contributed by atoms with Gasteiger partial charge in [-0.3, -0.25) is 4.57 Å². The van der Waals surface area contributed by atoms with E-state index in [1.165, 1.54) is 4.57 Å². The van der Waals surface area contributed by atoms with Crippen molar-refractivity contribution in [2.45, 2.75) is 13.0 Å². The molecular formula is C12H10N2O2. The summed E-state index contributed by atoms with van der Waals surface area (Å²) in [5, 5.41) is 8.72. The molecule has 1 aromatic carbocycles. The Hall–Kier alpha value is -2.28. The number of fused-ring (bicyclic) bond motifs is 1. The normalized spacial score (nSPS) is 10.2. The number of rotatable bonds is 3. The fraction of sp³-hybridized carbons (Fsp3) is 0.167. The number of aryl methyl sites for hydroxylation is 1. The Kier molecular flexibility index (Phi) is 2.61. The molecule has 0 aliphatic rings. The van der Waals surface area contributed by atoms with E-state index in [4.69, 9.17) is 9.68 Å². The van der Waals surface area contributed by atoms with Crippen molar-refractivity contribution in [1.29, 1.82) is 5.26 Å². The van der Waals surface area contributed by atoms with Crippen LogP contribution in [0.4, 0.5) is 0 Å². The second kappa shape index (κ2) is 4.07. The van der Waals surface area contributed by atoms with E-state index in [9.17, 15) is 4.79 Å². The molecule has 0 atom stereocenters. The predicted molar refractivity (Wildman–Crippen MR) is 60.0 cm³/mol. The molecule has 0 aliphatic carbocycles. The number of allylic oxidation sites excluding steroid dienone is 1. The second-order valence-corrected chi connectivity index (χ2v) is 3.39. The van der Waals surface area contributed by atoms with Crippen molar-refractivity contribution in [2.75, 3.05) is 0 Å². The molecule has 0 aliphatic heterocycles. The topological polar surface area (TPSA) is 58.9 Å². The number of oxazole rings is 1. The Bertz CT molecular complexity index is 628. The molecule has 0 unspecified atom stereocenters. The Morgan fingerprint density at radius 2 is 2.38 bits per heavy atom. The second-order valence-electron chi connectivity index (χ2n) is 3.39. The minimum absolute atomic E-state index is 0.396. The lowest BCUT2D eigenvalue weighted by Gasteiger charge is -1.98. The summed E-state index contributed by atoms with van der Waals surface area (Å²) in [6, 6.07) is 6.97. The van der Waals surface area contributed by atoms with Crippen LogP contribution in [0, 0.1) is 11.3 Å². The van der Waals surface area contributed by atoms with Gasteiger partial charge in [-0.25, -0.2) is 4.79 Å². The molecule has 1 aromatic heterocycles. The van der Waals surface area contributed by atoms with Crippen molar-refractivity contribution in [3.05, 3.63) is 47.0 Å². The maximum atomic E-state index is 11.5. The molecule has 0 saturated carbocycles. The van der Waals surface area contributed by atoms with Gasteiger partial charge in [-0.1, -0.05) is 6.08 Å². The van der Waals surface area contributed by atoms with E-state index in [-0.39, 0.29) is 0 Å². The van der Waals surface area contributed by atoms with Gasteiger partial charge in [-0.05, 0) is 18.6 Å². The first kappa shape index (κ1) is 10.2. The molecule has 4 nitrogen and oxygen atoms in total. The van der Waals surface area contributed by atoms with E-state index < -0.39 is 5.76 Å². The van der Waals surface area contributed by atoms with Gasteiger partial charge in [0.25, 0.3) is 0 Å². The molecule has 0 saturated heterocycles. The summed E-state index contributed by atoms with van der Waals surface area (Å²) in [5.41, 5.74) is 1.65. The molecule has 4 heteroatoms. The highest BCUT2D eigenvalue weighted by molar-refractivity contribution is 5.74. The van der Waals surface area contributed by atoms with Gasteiger partial charge in [0.2, 0.25) is 0 Å². The molecule has 1 heterocycles. The van der Waals surface area contributed by atoms with Crippen LogP contribution < -0.4 is 5.76 Å². The average molecular weight is 214 g/mol. The summed E-state index contributed by atoms with van der Waals surface area (Å²) in [5.74, 6) is -0.396. The van der Waals surface area contributed by atoms with E-state index in [1.54, 1.807) is 24.3 Å². The third-order valence-electron chi connectivity index (χ3n) is 2.35. The van der Waals surface area contributed by atoms with Gasteiger partial charge in [-0.15, -0.1) is 6.58 Å². The number of hydrogen-bond donors (Lipinski definition) is 0. The van der Waals surface area contributed by atoms with Crippen LogP contribution in [0.25, 0.3) is 11.1 Å². The number of benzene rings is 1. The van der Waals surface area contributed by atoms with Gasteiger partial charge in [0, 0.05) is 12.6 Å². The van der Waals surface area contributed by atoms with Crippen molar-refractivity contribution >= 4 is 11.1 Å². The third-order valence-corrected chi connectivity index (χ3v) is 2.35. The molecule has 2 aromatic rings. The highest BCUT2D eigenvalue weighted by Crippen LogP contribution is 2.14. The summed E-state index contributed by atoms with van der Waals surface area (Å²) in [7, 11) is 0. The van der Waals surface area contributed by atoms with E-state index in [0.717, 1.165) is 0 Å². The number of hydrogen-bond acceptors (Lipinski definition) is 3. The SMILES string of the molecule is C=CCCn1c(=O)oc2cc(C#N)ccc21. The smallest absolute Gasteiger partial charge is 0.408 e. The summed E-state index contributed by atoms with van der Waals surface area (Å²) >= 11 is 0. The Morgan fingerprint density at radius 1 is 1.56 bits per heavy atom. The van der Waals surface area contributed by atoms with Crippen molar-refractivity contribution in [3.8, 4) is 6.07 Å². The molecule has 0 radical (unpaired) electrons. The molecule has 0 N–H and O–H groups in total. The average Bonchev–Trinajstić information content (AvgIpc) is 2.61. The van der Waals surface area contributed by atoms with Crippen LogP contribution in [0.5, 0.6) is 0 Å². The van der Waals surface area contributed by atoms with E-state index in [2.05, 4.69) is 6.58 Å². The largest absolute Gasteiger partial charge is 0.419 e. The van der Waals surface area contributed by atoms with Crippen molar-refractivity contribution < 1.29 is 4.42 Å². The van der Waals surface area contributed by atoms with Gasteiger partial charge in [0.05, 0.1) is 17.1 Å². The molecular weight excluding hydrogens is 204 g/mol. The summed E-state index contributed by atoms with van der Waals surface area (Å²) in [4.78, 5) is 11.5. The van der Waals surface area contributed by atoms with Gasteiger partial charge in [0.15, 0.2) is 5.58 Å². The molecule has 0 amide bonds. The molecule has 16 heavy (non-hydrogen) atoms. The third kappa shape index (κ3) is 1.63. The van der Waals surface area contributed by atoms with E-state index >= 15 is 0 Å². The minimum Gasteiger partial charge on any atom is -0.408 e. The highest BCUT2D eigenvalue weighted by atomic mass is 16.4. The van der Waals surface area contributed by atoms with Gasteiger partial charge in [0.1, 0.15) is 0 Å². The molecule has 0 fully saturated rings. The number of nitriles is 1. The lowest BCUT2D eigenvalue weighted by Crippen LogP contribution is -2.13. The summed E-state index contributed by atoms with van der Waals surface area (Å²) < 4.78 is 6.60. The fourth-order valence-corrected chi connectivity index (χ4v) is 1.57. The predicted octanol–water partition coefficient (Wildman–Crippen LogP) is 2.04. The monoisotopic (exact) mass is 214 g/mol. The first-order valence-electron chi connectivity index (χ1n) is 4.90. The summed E-state index contributed by atoms with van der Waals surface area (Å²) in [6.07, 6.45) is 2.45. The lowest BCUT2D eigenvalue weighted by atomic mass is 10.2. The first-order valence-corrected chi connectivity index (χ1v) is 4.90. The Morgan fingerprint density at radius 3 is 3.06 bits per heavy atom. The highest BCUT2D eigenvalue weighted by Gasteiger charge is 2.08. The zero-order valence-electron chi connectivity index (χ0n) is 8.64. The molecule has 0 spiro atoms. The zero-order valence-corrected chi connectivity index (χ0v) is 8.64. The fourth-order valence-electron chi connectivity index (χ4n) is 1.57. The van der Waals surface area contributed by atoms with Crippen molar-refractivity contribution in [1.82, 2.24) is 4.57 Å². The van der Waals surface area contributed by atoms with Crippen LogP contribution in [0.1, 0.15) is 12.0 Å². The van der Waals surface area contributed by atoms with Crippen LogP contribution in [0.3, 0.4) is 0 Å². The maximum absolute atomic E-state index is 11.5. The van der Waals surface area contributed by atoms with Crippen LogP contribution in [-0.2, 0) is 6.54 Å². The van der Waals surface area contributed by atoms with Crippen molar-refractivity contribution in [3.63, 3.8) is 0 Å². The molecule has 80 valence electrons. The maximum Gasteiger partial charge on any atom is 0.419 e. The van der Waals surface area contributed by atoms with Crippen LogP contribution in [0.2, 0.25) is 0 Å². The lowest BCUT2D eigenvalue weighted by molar-refractivity contribution is 0.507. The van der Waals surface area contributed by atoms with Gasteiger partial charge < -0.3 is 4.42 Å². The minimum atomic E-state index is -0.396. The first-order chi connectivity index (χ1) is 7.76. The van der Waals surface area contributed by atoms with Gasteiger partial charge in [-0.2, -0.15) is 5.26 Å². The molecule has 0 bridgehead atoms. The standard InChI is InChI=1S/C12H10N2O2/c1-2-3-6-14-10-5-4-9(8-13)7-11(10)16-12(14)15/h2,4-5,7H,1,3,6H2. The molecule has 2 rings (SSSR count). The van der Waals surface area contributed by atoms with Crippen LogP contribution in [-0.4, -0.2) is 4.57 Å². The van der Waals surface area contributed by atoms with Crippen LogP contribution >= 0.6 is 0 Å². The number of nitrogens with zero attached hydrogens (tertiary/aromatic N) is 2. The quantitative estimate of drug-likeness (QED) is 0.734. The van der Waals surface area contributed by atoms with Crippen LogP contribution in [0.15, 0.2) is 40.1 Å².